The van der Waals surface area contributed by atoms with Crippen LogP contribution < -0.4 is 10.9 Å². The monoisotopic (exact) mass is 425 g/mol. The molecule has 3 heterocycles. The highest BCUT2D eigenvalue weighted by Crippen LogP contribution is 2.19. The van der Waals surface area contributed by atoms with Gasteiger partial charge in [0.25, 0.3) is 11.5 Å². The van der Waals surface area contributed by atoms with E-state index in [-0.39, 0.29) is 17.4 Å². The van der Waals surface area contributed by atoms with Gasteiger partial charge in [-0.15, -0.1) is 0 Å². The fourth-order valence-corrected chi connectivity index (χ4v) is 3.53. The summed E-state index contributed by atoms with van der Waals surface area (Å²) in [5, 5.41) is 12.0. The molecule has 5 aromatic rings. The lowest BCUT2D eigenvalue weighted by Gasteiger charge is -2.10. The molecule has 0 atom stereocenters. The number of hydrogen-bond acceptors (Lipinski definition) is 5. The lowest BCUT2D eigenvalue weighted by atomic mass is 10.1. The highest BCUT2D eigenvalue weighted by Gasteiger charge is 2.18. The van der Waals surface area contributed by atoms with Crippen LogP contribution in [0.1, 0.15) is 21.6 Å². The molecule has 9 nitrogen and oxygen atoms in total. The van der Waals surface area contributed by atoms with E-state index in [0.29, 0.717) is 28.1 Å². The van der Waals surface area contributed by atoms with Gasteiger partial charge in [-0.2, -0.15) is 19.9 Å². The fourth-order valence-electron chi connectivity index (χ4n) is 3.53. The van der Waals surface area contributed by atoms with Crippen LogP contribution in [0.4, 0.5) is 5.82 Å². The van der Waals surface area contributed by atoms with Crippen LogP contribution in [-0.2, 0) is 0 Å². The van der Waals surface area contributed by atoms with E-state index in [1.165, 1.54) is 10.9 Å². The maximum absolute atomic E-state index is 12.8. The first-order chi connectivity index (χ1) is 15.5. The molecule has 2 aromatic carbocycles. The van der Waals surface area contributed by atoms with Crippen molar-refractivity contribution in [3.8, 4) is 11.6 Å². The maximum Gasteiger partial charge on any atom is 0.263 e. The molecule has 0 bridgehead atoms. The Balaban J connectivity index is 1.60. The van der Waals surface area contributed by atoms with Crippen LogP contribution in [0.2, 0.25) is 0 Å². The molecule has 0 fully saturated rings. The summed E-state index contributed by atoms with van der Waals surface area (Å²) in [4.78, 5) is 32.9. The Bertz CT molecular complexity index is 1510. The summed E-state index contributed by atoms with van der Waals surface area (Å²) < 4.78 is 3.00. The van der Waals surface area contributed by atoms with Gasteiger partial charge in [0, 0.05) is 11.6 Å². The molecule has 32 heavy (non-hydrogen) atoms. The number of aryl methyl sites for hydroxylation is 2. The summed E-state index contributed by atoms with van der Waals surface area (Å²) in [6.45, 7) is 3.67. The number of aromatic nitrogens is 6. The van der Waals surface area contributed by atoms with Crippen LogP contribution in [0.3, 0.4) is 0 Å². The Morgan fingerprint density at radius 3 is 2.53 bits per heavy atom. The van der Waals surface area contributed by atoms with Crippen LogP contribution in [0, 0.1) is 13.8 Å². The third-order valence-corrected chi connectivity index (χ3v) is 5.09. The SMILES string of the molecule is Cc1cc(NC(=O)c2ccccc2C)n(-c2nc3c(cnn3-c3ccccc3)c(=O)[nH]2)n1. The molecule has 9 heteroatoms. The van der Waals surface area contributed by atoms with E-state index < -0.39 is 0 Å². The van der Waals surface area contributed by atoms with E-state index in [1.807, 2.05) is 55.5 Å². The smallest absolute Gasteiger partial charge is 0.263 e. The van der Waals surface area contributed by atoms with E-state index in [4.69, 9.17) is 0 Å². The van der Waals surface area contributed by atoms with Crippen LogP contribution in [0.5, 0.6) is 0 Å². The molecule has 158 valence electrons. The molecule has 0 unspecified atom stereocenters. The molecule has 0 spiro atoms. The number of carbonyl (C=O) groups excluding carboxylic acids is 1. The van der Waals surface area contributed by atoms with Crippen LogP contribution >= 0.6 is 0 Å². The van der Waals surface area contributed by atoms with Crippen LogP contribution in [0.25, 0.3) is 22.7 Å². The molecular weight excluding hydrogens is 406 g/mol. The molecule has 0 aliphatic rings. The zero-order valence-electron chi connectivity index (χ0n) is 17.4. The molecule has 3 aromatic heterocycles. The summed E-state index contributed by atoms with van der Waals surface area (Å²) in [6.07, 6.45) is 1.48. The van der Waals surface area contributed by atoms with Crippen molar-refractivity contribution in [1.82, 2.24) is 29.5 Å². The first kappa shape index (κ1) is 19.4. The average molecular weight is 425 g/mol. The molecule has 5 rings (SSSR count). The predicted octanol–water partition coefficient (Wildman–Crippen LogP) is 3.16. The molecule has 0 aliphatic carbocycles. The van der Waals surface area contributed by atoms with Crippen molar-refractivity contribution in [2.45, 2.75) is 13.8 Å². The number of hydrogen-bond donors (Lipinski definition) is 2. The van der Waals surface area contributed by atoms with Gasteiger partial charge in [0.2, 0.25) is 5.95 Å². The van der Waals surface area contributed by atoms with Crippen molar-refractivity contribution >= 4 is 22.8 Å². The van der Waals surface area contributed by atoms with Gasteiger partial charge < -0.3 is 5.32 Å². The third kappa shape index (κ3) is 3.35. The van der Waals surface area contributed by atoms with E-state index in [2.05, 4.69) is 25.5 Å². The van der Waals surface area contributed by atoms with E-state index in [0.717, 1.165) is 11.3 Å². The normalized spacial score (nSPS) is 11.1. The summed E-state index contributed by atoms with van der Waals surface area (Å²) in [7, 11) is 0. The fraction of sp³-hybridized carbons (Fsp3) is 0.0870. The highest BCUT2D eigenvalue weighted by atomic mass is 16.2. The largest absolute Gasteiger partial charge is 0.306 e. The second kappa shape index (κ2) is 7.62. The zero-order valence-corrected chi connectivity index (χ0v) is 17.4. The molecule has 0 saturated heterocycles. The van der Waals surface area contributed by atoms with Crippen molar-refractivity contribution in [2.24, 2.45) is 0 Å². The van der Waals surface area contributed by atoms with Crippen molar-refractivity contribution < 1.29 is 4.79 Å². The number of carbonyl (C=O) groups is 1. The summed E-state index contributed by atoms with van der Waals surface area (Å²) >= 11 is 0. The van der Waals surface area contributed by atoms with E-state index in [9.17, 15) is 9.59 Å². The molecule has 1 amide bonds. The third-order valence-electron chi connectivity index (χ3n) is 5.09. The second-order valence-electron chi connectivity index (χ2n) is 7.37. The Kier molecular flexibility index (Phi) is 4.63. The van der Waals surface area contributed by atoms with Crippen molar-refractivity contribution in [3.05, 3.63) is 94.0 Å². The number of benzene rings is 2. The average Bonchev–Trinajstić information content (AvgIpc) is 3.38. The zero-order chi connectivity index (χ0) is 22.2. The number of nitrogens with zero attached hydrogens (tertiary/aromatic N) is 5. The summed E-state index contributed by atoms with van der Waals surface area (Å²) in [5.74, 6) is 0.291. The van der Waals surface area contributed by atoms with Crippen molar-refractivity contribution in [3.63, 3.8) is 0 Å². The van der Waals surface area contributed by atoms with E-state index in [1.54, 1.807) is 23.7 Å². The van der Waals surface area contributed by atoms with Gasteiger partial charge in [-0.25, -0.2) is 4.68 Å². The molecular formula is C23H19N7O2. The standard InChI is InChI=1S/C23H19N7O2/c1-14-8-6-7-11-17(14)21(31)25-19-12-15(2)28-30(19)23-26-20-18(22(32)27-23)13-24-29(20)16-9-4-3-5-10-16/h3-13H,1-2H3,(H,25,31)(H,26,27,32). The first-order valence-corrected chi connectivity index (χ1v) is 9.99. The van der Waals surface area contributed by atoms with Gasteiger partial charge >= 0.3 is 0 Å². The minimum atomic E-state index is -0.350. The number of fused-ring (bicyclic) bond motifs is 1. The number of rotatable bonds is 4. The number of aromatic amines is 1. The summed E-state index contributed by atoms with van der Waals surface area (Å²) in [5.41, 5.74) is 2.88. The van der Waals surface area contributed by atoms with Gasteiger partial charge in [0.1, 0.15) is 11.2 Å². The summed E-state index contributed by atoms with van der Waals surface area (Å²) in [6, 6.07) is 18.4. The number of H-pyrrole nitrogens is 1. The molecule has 0 saturated carbocycles. The van der Waals surface area contributed by atoms with E-state index >= 15 is 0 Å². The first-order valence-electron chi connectivity index (χ1n) is 9.99. The van der Waals surface area contributed by atoms with Gasteiger partial charge in [0.15, 0.2) is 5.65 Å². The number of amides is 1. The second-order valence-corrected chi connectivity index (χ2v) is 7.37. The van der Waals surface area contributed by atoms with Gasteiger partial charge in [0.05, 0.1) is 17.6 Å². The minimum absolute atomic E-state index is 0.174. The quantitative estimate of drug-likeness (QED) is 0.460. The van der Waals surface area contributed by atoms with Crippen LogP contribution in [0.15, 0.2) is 71.7 Å². The Labute approximate surface area is 182 Å². The minimum Gasteiger partial charge on any atom is -0.306 e. The van der Waals surface area contributed by atoms with Crippen LogP contribution in [-0.4, -0.2) is 35.4 Å². The predicted molar refractivity (Wildman–Crippen MR) is 120 cm³/mol. The molecule has 0 radical (unpaired) electrons. The highest BCUT2D eigenvalue weighted by molar-refractivity contribution is 6.05. The molecule has 2 N–H and O–H groups in total. The topological polar surface area (TPSA) is 110 Å². The van der Waals surface area contributed by atoms with Crippen molar-refractivity contribution in [2.75, 3.05) is 5.32 Å². The Morgan fingerprint density at radius 1 is 1.00 bits per heavy atom. The van der Waals surface area contributed by atoms with Crippen molar-refractivity contribution in [1.29, 1.82) is 0 Å². The van der Waals surface area contributed by atoms with Gasteiger partial charge in [-0.3, -0.25) is 14.6 Å². The van der Waals surface area contributed by atoms with Gasteiger partial charge in [-0.1, -0.05) is 36.4 Å². The number of anilines is 1. The maximum atomic E-state index is 12.8. The lowest BCUT2D eigenvalue weighted by molar-refractivity contribution is 0.102. The number of para-hydroxylation sites is 1. The Morgan fingerprint density at radius 2 is 1.75 bits per heavy atom. The van der Waals surface area contributed by atoms with Gasteiger partial charge in [-0.05, 0) is 37.6 Å². The lowest BCUT2D eigenvalue weighted by Crippen LogP contribution is -2.19. The number of nitrogens with one attached hydrogen (secondary N) is 2. The Hall–Kier alpha value is -4.53. The molecule has 0 aliphatic heterocycles.